The molecule has 0 aliphatic rings. The molecule has 2 rings (SSSR count). The van der Waals surface area contributed by atoms with E-state index in [1.807, 2.05) is 18.2 Å². The number of thiazole rings is 1. The van der Waals surface area contributed by atoms with Crippen LogP contribution in [0.1, 0.15) is 41.3 Å². The minimum absolute atomic E-state index is 0. The van der Waals surface area contributed by atoms with Crippen molar-refractivity contribution >= 4 is 29.7 Å². The van der Waals surface area contributed by atoms with E-state index < -0.39 is 0 Å². The molecule has 1 amide bonds. The van der Waals surface area contributed by atoms with Crippen LogP contribution in [0.4, 0.5) is 0 Å². The lowest BCUT2D eigenvalue weighted by atomic mass is 10.1. The Morgan fingerprint density at radius 3 is 2.73 bits per heavy atom. The van der Waals surface area contributed by atoms with Crippen LogP contribution in [0.5, 0.6) is 11.5 Å². The molecule has 0 atom stereocenters. The Balaban J connectivity index is 0.00000338. The highest BCUT2D eigenvalue weighted by Gasteiger charge is 2.11. The predicted molar refractivity (Wildman–Crippen MR) is 106 cm³/mol. The van der Waals surface area contributed by atoms with Crippen LogP contribution in [-0.2, 0) is 13.1 Å². The van der Waals surface area contributed by atoms with Crippen LogP contribution in [0.2, 0.25) is 0 Å². The number of amides is 1. The largest absolute Gasteiger partial charge is 0.493 e. The molecule has 6 nitrogen and oxygen atoms in total. The molecule has 0 bridgehead atoms. The average molecular weight is 400 g/mol. The predicted octanol–water partition coefficient (Wildman–Crippen LogP) is 3.39. The van der Waals surface area contributed by atoms with E-state index in [1.165, 1.54) is 11.3 Å². The zero-order chi connectivity index (χ0) is 18.2. The number of carbonyl (C=O) groups excluding carboxylic acids is 1. The van der Waals surface area contributed by atoms with Gasteiger partial charge in [-0.3, -0.25) is 4.79 Å². The van der Waals surface area contributed by atoms with E-state index in [4.69, 9.17) is 15.2 Å². The standard InChI is InChI=1S/C18H25N3O3S.ClH/c1-12(2)6-7-24-15-5-4-13(8-16(15)23-3)10-20-18(22)14-11-25-17(9-19)21-14;/h4-5,8,11-12H,6-7,9-10,19H2,1-3H3,(H,20,22);1H. The Morgan fingerprint density at radius 1 is 1.35 bits per heavy atom. The highest BCUT2D eigenvalue weighted by Crippen LogP contribution is 2.28. The Hall–Kier alpha value is -1.83. The zero-order valence-corrected chi connectivity index (χ0v) is 16.9. The molecule has 26 heavy (non-hydrogen) atoms. The Morgan fingerprint density at radius 2 is 2.12 bits per heavy atom. The van der Waals surface area contributed by atoms with Gasteiger partial charge in [-0.1, -0.05) is 19.9 Å². The van der Waals surface area contributed by atoms with Crippen molar-refractivity contribution in [3.63, 3.8) is 0 Å². The summed E-state index contributed by atoms with van der Waals surface area (Å²) >= 11 is 1.38. The number of nitrogens with zero attached hydrogens (tertiary/aromatic N) is 1. The van der Waals surface area contributed by atoms with Gasteiger partial charge in [-0.25, -0.2) is 4.98 Å². The van der Waals surface area contributed by atoms with E-state index >= 15 is 0 Å². The van der Waals surface area contributed by atoms with Gasteiger partial charge in [-0.2, -0.15) is 0 Å². The summed E-state index contributed by atoms with van der Waals surface area (Å²) in [5.41, 5.74) is 6.84. The van der Waals surface area contributed by atoms with Crippen molar-refractivity contribution in [2.24, 2.45) is 11.7 Å². The van der Waals surface area contributed by atoms with Crippen molar-refractivity contribution in [1.82, 2.24) is 10.3 Å². The van der Waals surface area contributed by atoms with Gasteiger partial charge in [0, 0.05) is 18.5 Å². The van der Waals surface area contributed by atoms with E-state index in [0.717, 1.165) is 17.0 Å². The summed E-state index contributed by atoms with van der Waals surface area (Å²) in [6.45, 7) is 5.69. The highest BCUT2D eigenvalue weighted by atomic mass is 35.5. The summed E-state index contributed by atoms with van der Waals surface area (Å²) in [7, 11) is 1.61. The molecule has 0 radical (unpaired) electrons. The van der Waals surface area contributed by atoms with Crippen LogP contribution in [0.15, 0.2) is 23.6 Å². The molecule has 1 heterocycles. The third-order valence-corrected chi connectivity index (χ3v) is 4.46. The summed E-state index contributed by atoms with van der Waals surface area (Å²) in [5, 5.41) is 5.31. The van der Waals surface area contributed by atoms with Crippen LogP contribution < -0.4 is 20.5 Å². The van der Waals surface area contributed by atoms with E-state index in [2.05, 4.69) is 24.1 Å². The minimum atomic E-state index is -0.216. The number of methoxy groups -OCH3 is 1. The number of benzene rings is 1. The van der Waals surface area contributed by atoms with Crippen molar-refractivity contribution in [3.05, 3.63) is 39.8 Å². The molecule has 0 aliphatic carbocycles. The number of aromatic nitrogens is 1. The Bertz CT molecular complexity index is 707. The fourth-order valence-corrected chi connectivity index (χ4v) is 2.78. The van der Waals surface area contributed by atoms with Crippen molar-refractivity contribution in [2.75, 3.05) is 13.7 Å². The zero-order valence-electron chi connectivity index (χ0n) is 15.3. The second-order valence-corrected chi connectivity index (χ2v) is 6.97. The Labute approximate surface area is 164 Å². The van der Waals surface area contributed by atoms with Crippen LogP contribution in [0, 0.1) is 5.92 Å². The maximum atomic E-state index is 12.1. The monoisotopic (exact) mass is 399 g/mol. The lowest BCUT2D eigenvalue weighted by Crippen LogP contribution is -2.23. The summed E-state index contributed by atoms with van der Waals surface area (Å²) in [5.74, 6) is 1.75. The molecule has 0 saturated heterocycles. The number of ether oxygens (including phenoxy) is 2. The molecule has 3 N–H and O–H groups in total. The average Bonchev–Trinajstić information content (AvgIpc) is 3.09. The number of nitrogens with two attached hydrogens (primary N) is 1. The van der Waals surface area contributed by atoms with Gasteiger partial charge in [-0.15, -0.1) is 23.7 Å². The van der Waals surface area contributed by atoms with Gasteiger partial charge in [0.2, 0.25) is 0 Å². The van der Waals surface area contributed by atoms with Gasteiger partial charge < -0.3 is 20.5 Å². The van der Waals surface area contributed by atoms with Gasteiger partial charge in [0.25, 0.3) is 5.91 Å². The molecule has 0 spiro atoms. The first-order chi connectivity index (χ1) is 12.0. The number of halogens is 1. The van der Waals surface area contributed by atoms with Crippen molar-refractivity contribution in [2.45, 2.75) is 33.4 Å². The molecule has 0 unspecified atom stereocenters. The van der Waals surface area contributed by atoms with Gasteiger partial charge >= 0.3 is 0 Å². The quantitative estimate of drug-likeness (QED) is 0.674. The van der Waals surface area contributed by atoms with Gasteiger partial charge in [-0.05, 0) is 30.0 Å². The lowest BCUT2D eigenvalue weighted by molar-refractivity contribution is 0.0946. The molecule has 1 aromatic heterocycles. The van der Waals surface area contributed by atoms with E-state index in [9.17, 15) is 4.79 Å². The molecule has 0 fully saturated rings. The Kier molecular flexibility index (Phi) is 9.40. The van der Waals surface area contributed by atoms with Crippen LogP contribution >= 0.6 is 23.7 Å². The molecule has 0 aliphatic heterocycles. The van der Waals surface area contributed by atoms with Crippen LogP contribution in [0.3, 0.4) is 0 Å². The third-order valence-electron chi connectivity index (χ3n) is 3.59. The summed E-state index contributed by atoms with van der Waals surface area (Å²) in [6, 6.07) is 5.66. The van der Waals surface area contributed by atoms with Gasteiger partial charge in [0.1, 0.15) is 10.7 Å². The molecule has 8 heteroatoms. The normalized spacial score (nSPS) is 10.3. The first-order valence-corrected chi connectivity index (χ1v) is 9.13. The van der Waals surface area contributed by atoms with Crippen molar-refractivity contribution in [3.8, 4) is 11.5 Å². The fourth-order valence-electron chi connectivity index (χ4n) is 2.13. The van der Waals surface area contributed by atoms with Crippen LogP contribution in [-0.4, -0.2) is 24.6 Å². The summed E-state index contributed by atoms with van der Waals surface area (Å²) < 4.78 is 11.2. The number of nitrogens with one attached hydrogen (secondary N) is 1. The number of hydrogen-bond donors (Lipinski definition) is 2. The van der Waals surface area contributed by atoms with Gasteiger partial charge in [0.05, 0.1) is 13.7 Å². The molecule has 144 valence electrons. The first-order valence-electron chi connectivity index (χ1n) is 8.25. The summed E-state index contributed by atoms with van der Waals surface area (Å²) in [4.78, 5) is 16.3. The van der Waals surface area contributed by atoms with E-state index in [1.54, 1.807) is 12.5 Å². The second kappa shape index (κ2) is 11.0. The molecular formula is C18H26ClN3O3S. The SMILES string of the molecule is COc1cc(CNC(=O)c2csc(CN)n2)ccc1OCCC(C)C.Cl. The van der Waals surface area contributed by atoms with Crippen LogP contribution in [0.25, 0.3) is 0 Å². The highest BCUT2D eigenvalue weighted by molar-refractivity contribution is 7.09. The second-order valence-electron chi connectivity index (χ2n) is 6.03. The van der Waals surface area contributed by atoms with Crippen molar-refractivity contribution < 1.29 is 14.3 Å². The van der Waals surface area contributed by atoms with E-state index in [-0.39, 0.29) is 18.3 Å². The number of hydrogen-bond acceptors (Lipinski definition) is 6. The summed E-state index contributed by atoms with van der Waals surface area (Å²) in [6.07, 6.45) is 0.986. The smallest absolute Gasteiger partial charge is 0.271 e. The van der Waals surface area contributed by atoms with Crippen molar-refractivity contribution in [1.29, 1.82) is 0 Å². The topological polar surface area (TPSA) is 86.5 Å². The molecular weight excluding hydrogens is 374 g/mol. The maximum Gasteiger partial charge on any atom is 0.271 e. The molecule has 1 aromatic carbocycles. The fraction of sp³-hybridized carbons (Fsp3) is 0.444. The van der Waals surface area contributed by atoms with Gasteiger partial charge in [0.15, 0.2) is 11.5 Å². The molecule has 0 saturated carbocycles. The van der Waals surface area contributed by atoms with E-state index in [0.29, 0.717) is 42.8 Å². The maximum absolute atomic E-state index is 12.1. The lowest BCUT2D eigenvalue weighted by Gasteiger charge is -2.13. The molecule has 2 aromatic rings. The first kappa shape index (κ1) is 22.2. The minimum Gasteiger partial charge on any atom is -0.493 e. The number of rotatable bonds is 9. The third kappa shape index (κ3) is 6.48. The number of carbonyl (C=O) groups is 1.